The zero-order valence-corrected chi connectivity index (χ0v) is 10.2. The van der Waals surface area contributed by atoms with Crippen molar-refractivity contribution < 1.29 is 4.39 Å². The molecule has 0 aliphatic heterocycles. The van der Waals surface area contributed by atoms with Gasteiger partial charge in [0.1, 0.15) is 5.82 Å². The molecule has 17 heavy (non-hydrogen) atoms. The van der Waals surface area contributed by atoms with Gasteiger partial charge in [0.15, 0.2) is 0 Å². The number of halogens is 2. The third-order valence-electron chi connectivity index (χ3n) is 2.78. The third kappa shape index (κ3) is 2.33. The van der Waals surface area contributed by atoms with Crippen molar-refractivity contribution in [2.45, 2.75) is 20.0 Å². The van der Waals surface area contributed by atoms with E-state index in [1.54, 1.807) is 23.0 Å². The van der Waals surface area contributed by atoms with Crippen molar-refractivity contribution in [3.63, 3.8) is 0 Å². The average Bonchev–Trinajstić information content (AvgIpc) is 2.66. The molecule has 0 atom stereocenters. The van der Waals surface area contributed by atoms with Gasteiger partial charge < -0.3 is 5.73 Å². The Kier molecular flexibility index (Phi) is 3.45. The summed E-state index contributed by atoms with van der Waals surface area (Å²) in [5, 5.41) is 4.36. The highest BCUT2D eigenvalue weighted by atomic mass is 35.5. The Bertz CT molecular complexity index is 537. The van der Waals surface area contributed by atoms with E-state index in [4.69, 9.17) is 17.3 Å². The monoisotopic (exact) mass is 253 g/mol. The van der Waals surface area contributed by atoms with E-state index in [2.05, 4.69) is 5.10 Å². The van der Waals surface area contributed by atoms with Crippen LogP contribution in [0.4, 0.5) is 4.39 Å². The van der Waals surface area contributed by atoms with Crippen molar-refractivity contribution in [1.82, 2.24) is 9.78 Å². The second kappa shape index (κ2) is 4.85. The molecular formula is C12H13ClFN3. The predicted molar refractivity (Wildman–Crippen MR) is 65.4 cm³/mol. The van der Waals surface area contributed by atoms with Crippen LogP contribution in [0.1, 0.15) is 16.8 Å². The smallest absolute Gasteiger partial charge is 0.142 e. The molecule has 2 aromatic rings. The van der Waals surface area contributed by atoms with Crippen LogP contribution in [-0.4, -0.2) is 9.78 Å². The van der Waals surface area contributed by atoms with E-state index < -0.39 is 5.82 Å². The van der Waals surface area contributed by atoms with E-state index in [0.29, 0.717) is 18.7 Å². The SMILES string of the molecule is Cc1c(CN)cnn1Cc1cccc(F)c1Cl. The number of benzene rings is 1. The Morgan fingerprint density at radius 3 is 2.82 bits per heavy atom. The van der Waals surface area contributed by atoms with Gasteiger partial charge in [0.2, 0.25) is 0 Å². The van der Waals surface area contributed by atoms with Gasteiger partial charge >= 0.3 is 0 Å². The maximum absolute atomic E-state index is 13.3. The van der Waals surface area contributed by atoms with Crippen molar-refractivity contribution >= 4 is 11.6 Å². The van der Waals surface area contributed by atoms with Crippen LogP contribution in [0, 0.1) is 12.7 Å². The minimum absolute atomic E-state index is 0.150. The minimum atomic E-state index is -0.409. The quantitative estimate of drug-likeness (QED) is 0.913. The molecular weight excluding hydrogens is 241 g/mol. The molecule has 0 radical (unpaired) electrons. The Labute approximate surface area is 104 Å². The van der Waals surface area contributed by atoms with Crippen LogP contribution in [-0.2, 0) is 13.1 Å². The Morgan fingerprint density at radius 2 is 2.18 bits per heavy atom. The van der Waals surface area contributed by atoms with E-state index in [1.165, 1.54) is 6.07 Å². The lowest BCUT2D eigenvalue weighted by Gasteiger charge is -2.07. The molecule has 0 bridgehead atoms. The Hall–Kier alpha value is -1.39. The van der Waals surface area contributed by atoms with Crippen molar-refractivity contribution in [2.24, 2.45) is 5.73 Å². The highest BCUT2D eigenvalue weighted by Gasteiger charge is 2.09. The molecule has 0 spiro atoms. The van der Waals surface area contributed by atoms with Crippen molar-refractivity contribution in [1.29, 1.82) is 0 Å². The average molecular weight is 254 g/mol. The van der Waals surface area contributed by atoms with Gasteiger partial charge in [-0.1, -0.05) is 23.7 Å². The van der Waals surface area contributed by atoms with Crippen LogP contribution >= 0.6 is 11.6 Å². The van der Waals surface area contributed by atoms with Crippen molar-refractivity contribution in [3.05, 3.63) is 52.1 Å². The fraction of sp³-hybridized carbons (Fsp3) is 0.250. The lowest BCUT2D eigenvalue weighted by molar-refractivity contribution is 0.617. The summed E-state index contributed by atoms with van der Waals surface area (Å²) >= 11 is 5.90. The lowest BCUT2D eigenvalue weighted by Crippen LogP contribution is -2.06. The van der Waals surface area contributed by atoms with Gasteiger partial charge in [0.25, 0.3) is 0 Å². The summed E-state index contributed by atoms with van der Waals surface area (Å²) in [4.78, 5) is 0. The molecule has 0 saturated heterocycles. The summed E-state index contributed by atoms with van der Waals surface area (Å²) < 4.78 is 15.0. The molecule has 2 N–H and O–H groups in total. The van der Waals surface area contributed by atoms with Crippen LogP contribution in [0.25, 0.3) is 0 Å². The number of rotatable bonds is 3. The second-order valence-electron chi connectivity index (χ2n) is 3.83. The Morgan fingerprint density at radius 1 is 1.41 bits per heavy atom. The lowest BCUT2D eigenvalue weighted by atomic mass is 10.2. The summed E-state index contributed by atoms with van der Waals surface area (Å²) in [6.07, 6.45) is 1.72. The van der Waals surface area contributed by atoms with Crippen molar-refractivity contribution in [2.75, 3.05) is 0 Å². The first kappa shape index (κ1) is 12.1. The molecule has 2 rings (SSSR count). The normalized spacial score (nSPS) is 10.8. The highest BCUT2D eigenvalue weighted by molar-refractivity contribution is 6.31. The first-order valence-corrected chi connectivity index (χ1v) is 5.65. The molecule has 0 saturated carbocycles. The summed E-state index contributed by atoms with van der Waals surface area (Å²) in [7, 11) is 0. The second-order valence-corrected chi connectivity index (χ2v) is 4.21. The van der Waals surface area contributed by atoms with Gasteiger partial charge in [-0.25, -0.2) is 4.39 Å². The van der Waals surface area contributed by atoms with Gasteiger partial charge in [-0.2, -0.15) is 5.10 Å². The van der Waals surface area contributed by atoms with Crippen LogP contribution in [0.15, 0.2) is 24.4 Å². The maximum atomic E-state index is 13.3. The van der Waals surface area contributed by atoms with Gasteiger partial charge in [0.05, 0.1) is 17.8 Å². The van der Waals surface area contributed by atoms with Crippen LogP contribution in [0.5, 0.6) is 0 Å². The molecule has 0 aliphatic carbocycles. The summed E-state index contributed by atoms with van der Waals surface area (Å²) in [5.74, 6) is -0.409. The van der Waals surface area contributed by atoms with Crippen LogP contribution < -0.4 is 5.73 Å². The molecule has 1 aromatic carbocycles. The molecule has 1 aromatic heterocycles. The van der Waals surface area contributed by atoms with E-state index >= 15 is 0 Å². The first-order valence-electron chi connectivity index (χ1n) is 5.27. The van der Waals surface area contributed by atoms with Crippen molar-refractivity contribution in [3.8, 4) is 0 Å². The molecule has 0 aliphatic rings. The maximum Gasteiger partial charge on any atom is 0.142 e. The van der Waals surface area contributed by atoms with E-state index in [0.717, 1.165) is 11.3 Å². The molecule has 0 amide bonds. The number of aromatic nitrogens is 2. The molecule has 3 nitrogen and oxygen atoms in total. The zero-order chi connectivity index (χ0) is 12.4. The molecule has 0 unspecified atom stereocenters. The van der Waals surface area contributed by atoms with Gasteiger partial charge in [-0.05, 0) is 18.6 Å². The third-order valence-corrected chi connectivity index (χ3v) is 3.20. The molecule has 90 valence electrons. The zero-order valence-electron chi connectivity index (χ0n) is 9.45. The highest BCUT2D eigenvalue weighted by Crippen LogP contribution is 2.21. The van der Waals surface area contributed by atoms with Crippen LogP contribution in [0.3, 0.4) is 0 Å². The molecule has 5 heteroatoms. The summed E-state index contributed by atoms with van der Waals surface area (Å²) in [5.41, 5.74) is 8.24. The van der Waals surface area contributed by atoms with E-state index in [-0.39, 0.29) is 5.02 Å². The standard InChI is InChI=1S/C12H13ClFN3/c1-8-10(5-15)6-16-17(8)7-9-3-2-4-11(14)12(9)13/h2-4,6H,5,7,15H2,1H3. The predicted octanol–water partition coefficient (Wildman–Crippen LogP) is 2.49. The fourth-order valence-corrected chi connectivity index (χ4v) is 1.86. The summed E-state index contributed by atoms with van der Waals surface area (Å²) in [6, 6.07) is 4.76. The fourth-order valence-electron chi connectivity index (χ4n) is 1.68. The molecule has 0 fully saturated rings. The van der Waals surface area contributed by atoms with Crippen LogP contribution in [0.2, 0.25) is 5.02 Å². The number of nitrogens with two attached hydrogens (primary N) is 1. The topological polar surface area (TPSA) is 43.8 Å². The number of hydrogen-bond donors (Lipinski definition) is 1. The molecule has 1 heterocycles. The Balaban J connectivity index is 2.31. The van der Waals surface area contributed by atoms with E-state index in [9.17, 15) is 4.39 Å². The van der Waals surface area contributed by atoms with Gasteiger partial charge in [-0.15, -0.1) is 0 Å². The minimum Gasteiger partial charge on any atom is -0.326 e. The number of nitrogens with zero attached hydrogens (tertiary/aromatic N) is 2. The largest absolute Gasteiger partial charge is 0.326 e. The van der Waals surface area contributed by atoms with E-state index in [1.807, 2.05) is 6.92 Å². The summed E-state index contributed by atoms with van der Waals surface area (Å²) in [6.45, 7) is 2.83. The van der Waals surface area contributed by atoms with Gasteiger partial charge in [0, 0.05) is 17.8 Å². The van der Waals surface area contributed by atoms with Gasteiger partial charge in [-0.3, -0.25) is 4.68 Å². The first-order chi connectivity index (χ1) is 8.13. The number of hydrogen-bond acceptors (Lipinski definition) is 2.